The Hall–Kier alpha value is -2.10. The first-order valence-corrected chi connectivity index (χ1v) is 6.98. The van der Waals surface area contributed by atoms with Crippen molar-refractivity contribution in [3.8, 4) is 17.1 Å². The molecule has 106 valence electrons. The highest BCUT2D eigenvalue weighted by Gasteiger charge is 2.10. The Kier molecular flexibility index (Phi) is 4.56. The molecule has 0 amide bonds. The van der Waals surface area contributed by atoms with E-state index in [1.54, 1.807) is 0 Å². The van der Waals surface area contributed by atoms with Crippen LogP contribution in [0.15, 0.2) is 24.3 Å². The molecule has 0 fully saturated rings. The number of aryl methyl sites for hydroxylation is 1. The third-order valence-electron chi connectivity index (χ3n) is 3.24. The zero-order valence-electron chi connectivity index (χ0n) is 12.5. The zero-order valence-corrected chi connectivity index (χ0v) is 12.5. The van der Waals surface area contributed by atoms with Gasteiger partial charge in [-0.2, -0.15) is 0 Å². The summed E-state index contributed by atoms with van der Waals surface area (Å²) in [6.07, 6.45) is 0.896. The van der Waals surface area contributed by atoms with Crippen molar-refractivity contribution in [1.82, 2.24) is 9.97 Å². The van der Waals surface area contributed by atoms with E-state index < -0.39 is 0 Å². The highest BCUT2D eigenvalue weighted by atomic mass is 16.5. The lowest BCUT2D eigenvalue weighted by Gasteiger charge is -2.11. The minimum atomic E-state index is 0.671. The van der Waals surface area contributed by atoms with Crippen LogP contribution in [0.1, 0.15) is 25.1 Å². The largest absolute Gasteiger partial charge is 0.494 e. The Morgan fingerprint density at radius 2 is 1.80 bits per heavy atom. The molecule has 1 heterocycles. The van der Waals surface area contributed by atoms with E-state index in [9.17, 15) is 0 Å². The number of anilines is 1. The summed E-state index contributed by atoms with van der Waals surface area (Å²) in [5.41, 5.74) is 3.19. The first kappa shape index (κ1) is 14.3. The number of benzene rings is 1. The van der Waals surface area contributed by atoms with Crippen LogP contribution >= 0.6 is 0 Å². The second-order valence-electron chi connectivity index (χ2n) is 4.53. The molecule has 0 saturated heterocycles. The molecule has 4 nitrogen and oxygen atoms in total. The lowest BCUT2D eigenvalue weighted by Crippen LogP contribution is -2.04. The number of nitrogens with one attached hydrogen (secondary N) is 1. The van der Waals surface area contributed by atoms with Gasteiger partial charge in [0.1, 0.15) is 11.6 Å². The van der Waals surface area contributed by atoms with Gasteiger partial charge in [-0.05, 0) is 44.5 Å². The van der Waals surface area contributed by atoms with Gasteiger partial charge in [-0.15, -0.1) is 0 Å². The summed E-state index contributed by atoms with van der Waals surface area (Å²) in [4.78, 5) is 9.24. The van der Waals surface area contributed by atoms with Crippen LogP contribution in [0, 0.1) is 6.92 Å². The summed E-state index contributed by atoms with van der Waals surface area (Å²) in [5, 5.41) is 3.14. The zero-order chi connectivity index (χ0) is 14.5. The average molecular weight is 271 g/mol. The Morgan fingerprint density at radius 3 is 2.35 bits per heavy atom. The van der Waals surface area contributed by atoms with Gasteiger partial charge in [-0.3, -0.25) is 0 Å². The smallest absolute Gasteiger partial charge is 0.161 e. The van der Waals surface area contributed by atoms with Crippen molar-refractivity contribution in [3.63, 3.8) is 0 Å². The van der Waals surface area contributed by atoms with Crippen molar-refractivity contribution >= 4 is 5.82 Å². The molecule has 1 aromatic carbocycles. The lowest BCUT2D eigenvalue weighted by atomic mass is 10.1. The van der Waals surface area contributed by atoms with Crippen LogP contribution in [0.25, 0.3) is 11.4 Å². The van der Waals surface area contributed by atoms with E-state index >= 15 is 0 Å². The fourth-order valence-corrected chi connectivity index (χ4v) is 2.15. The Labute approximate surface area is 120 Å². The minimum Gasteiger partial charge on any atom is -0.494 e. The summed E-state index contributed by atoms with van der Waals surface area (Å²) >= 11 is 0. The van der Waals surface area contributed by atoms with E-state index in [1.807, 2.05) is 45.2 Å². The van der Waals surface area contributed by atoms with Crippen molar-refractivity contribution in [1.29, 1.82) is 0 Å². The van der Waals surface area contributed by atoms with Gasteiger partial charge in [0.2, 0.25) is 0 Å². The highest BCUT2D eigenvalue weighted by Crippen LogP contribution is 2.24. The maximum atomic E-state index is 5.45. The number of ether oxygens (including phenoxy) is 1. The van der Waals surface area contributed by atoms with Crippen LogP contribution in [-0.4, -0.2) is 23.6 Å². The van der Waals surface area contributed by atoms with Gasteiger partial charge in [0, 0.05) is 23.9 Å². The van der Waals surface area contributed by atoms with Gasteiger partial charge in [0.15, 0.2) is 5.82 Å². The molecule has 4 heteroatoms. The van der Waals surface area contributed by atoms with Crippen molar-refractivity contribution in [3.05, 3.63) is 35.5 Å². The molecular weight excluding hydrogens is 250 g/mol. The van der Waals surface area contributed by atoms with Gasteiger partial charge in [0.25, 0.3) is 0 Å². The van der Waals surface area contributed by atoms with Crippen LogP contribution < -0.4 is 10.1 Å². The summed E-state index contributed by atoms with van der Waals surface area (Å²) in [6, 6.07) is 7.89. The molecule has 0 radical (unpaired) electrons. The second kappa shape index (κ2) is 6.37. The van der Waals surface area contributed by atoms with E-state index in [-0.39, 0.29) is 0 Å². The summed E-state index contributed by atoms with van der Waals surface area (Å²) in [6.45, 7) is 6.80. The number of nitrogens with zero attached hydrogens (tertiary/aromatic N) is 2. The van der Waals surface area contributed by atoms with Gasteiger partial charge in [0.05, 0.1) is 6.61 Å². The summed E-state index contributed by atoms with van der Waals surface area (Å²) in [7, 11) is 1.89. The van der Waals surface area contributed by atoms with E-state index in [1.165, 1.54) is 0 Å². The van der Waals surface area contributed by atoms with Crippen molar-refractivity contribution in [2.75, 3.05) is 19.0 Å². The molecule has 20 heavy (non-hydrogen) atoms. The second-order valence-corrected chi connectivity index (χ2v) is 4.53. The Bertz CT molecular complexity index is 554. The molecule has 2 rings (SSSR count). The molecule has 0 unspecified atom stereocenters. The first-order chi connectivity index (χ1) is 9.69. The summed E-state index contributed by atoms with van der Waals surface area (Å²) in [5.74, 6) is 2.51. The molecule has 1 aromatic heterocycles. The van der Waals surface area contributed by atoms with Crippen LogP contribution in [0.4, 0.5) is 5.82 Å². The molecule has 0 spiro atoms. The highest BCUT2D eigenvalue weighted by molar-refractivity contribution is 5.60. The van der Waals surface area contributed by atoms with Crippen molar-refractivity contribution < 1.29 is 4.74 Å². The summed E-state index contributed by atoms with van der Waals surface area (Å²) < 4.78 is 5.45. The maximum Gasteiger partial charge on any atom is 0.161 e. The molecule has 0 aliphatic carbocycles. The molecule has 2 aromatic rings. The molecule has 1 N–H and O–H groups in total. The number of rotatable bonds is 5. The van der Waals surface area contributed by atoms with Crippen LogP contribution in [0.3, 0.4) is 0 Å². The van der Waals surface area contributed by atoms with Gasteiger partial charge >= 0.3 is 0 Å². The molecule has 0 bridgehead atoms. The van der Waals surface area contributed by atoms with Crippen molar-refractivity contribution in [2.24, 2.45) is 0 Å². The molecule has 0 atom stereocenters. The molecule has 0 aliphatic heterocycles. The van der Waals surface area contributed by atoms with Crippen molar-refractivity contribution in [2.45, 2.75) is 27.2 Å². The van der Waals surface area contributed by atoms with E-state index in [2.05, 4.69) is 22.2 Å². The lowest BCUT2D eigenvalue weighted by molar-refractivity contribution is 0.340. The van der Waals surface area contributed by atoms with Crippen LogP contribution in [0.2, 0.25) is 0 Å². The third-order valence-corrected chi connectivity index (χ3v) is 3.24. The topological polar surface area (TPSA) is 47.0 Å². The molecule has 0 saturated carbocycles. The van der Waals surface area contributed by atoms with E-state index in [4.69, 9.17) is 4.74 Å². The molecular formula is C16H21N3O. The predicted octanol–water partition coefficient (Wildman–Crippen LogP) is 3.45. The van der Waals surface area contributed by atoms with Gasteiger partial charge in [-0.25, -0.2) is 9.97 Å². The quantitative estimate of drug-likeness (QED) is 0.904. The minimum absolute atomic E-state index is 0.671. The monoisotopic (exact) mass is 271 g/mol. The van der Waals surface area contributed by atoms with E-state index in [0.29, 0.717) is 6.61 Å². The predicted molar refractivity (Wildman–Crippen MR) is 82.3 cm³/mol. The van der Waals surface area contributed by atoms with Crippen LogP contribution in [0.5, 0.6) is 5.75 Å². The fraction of sp³-hybridized carbons (Fsp3) is 0.375. The third kappa shape index (κ3) is 2.90. The maximum absolute atomic E-state index is 5.45. The molecule has 0 aliphatic rings. The van der Waals surface area contributed by atoms with E-state index in [0.717, 1.165) is 40.6 Å². The SMILES string of the molecule is CCOc1ccc(-c2nc(CC)c(C)c(NC)n2)cc1. The average Bonchev–Trinajstić information content (AvgIpc) is 2.49. The normalized spacial score (nSPS) is 10.4. The number of hydrogen-bond donors (Lipinski definition) is 1. The number of hydrogen-bond acceptors (Lipinski definition) is 4. The first-order valence-electron chi connectivity index (χ1n) is 6.98. The Balaban J connectivity index is 2.41. The van der Waals surface area contributed by atoms with Crippen LogP contribution in [-0.2, 0) is 6.42 Å². The number of aromatic nitrogens is 2. The van der Waals surface area contributed by atoms with Gasteiger partial charge in [-0.1, -0.05) is 6.92 Å². The fourth-order valence-electron chi connectivity index (χ4n) is 2.15. The van der Waals surface area contributed by atoms with Gasteiger partial charge < -0.3 is 10.1 Å². The standard InChI is InChI=1S/C16H21N3O/c1-5-14-11(3)15(17-4)19-16(18-14)12-7-9-13(10-8-12)20-6-2/h7-10H,5-6H2,1-4H3,(H,17,18,19). The Morgan fingerprint density at radius 1 is 1.10 bits per heavy atom.